The first-order valence-corrected chi connectivity index (χ1v) is 13.1. The van der Waals surface area contributed by atoms with Gasteiger partial charge >= 0.3 is 0 Å². The Hall–Kier alpha value is -3.20. The number of carbonyl (C=O) groups excluding carboxylic acids is 3. The molecule has 0 spiro atoms. The number of carbonyl (C=O) groups is 3. The summed E-state index contributed by atoms with van der Waals surface area (Å²) in [4.78, 5) is 42.7. The molecule has 2 aliphatic rings. The first kappa shape index (κ1) is 25.9. The Morgan fingerprint density at radius 2 is 2.03 bits per heavy atom. The van der Waals surface area contributed by atoms with Crippen LogP contribution in [0, 0.1) is 0 Å². The number of hydrogen-bond donors (Lipinski definition) is 1. The minimum atomic E-state index is -0.251. The fourth-order valence-electron chi connectivity index (χ4n) is 4.73. The van der Waals surface area contributed by atoms with E-state index in [-0.39, 0.29) is 42.0 Å². The summed E-state index contributed by atoms with van der Waals surface area (Å²) in [6.07, 6.45) is 3.80. The molecule has 1 aromatic carbocycles. The summed E-state index contributed by atoms with van der Waals surface area (Å²) in [6, 6.07) is 11.4. The van der Waals surface area contributed by atoms with E-state index in [0.717, 1.165) is 37.9 Å². The highest BCUT2D eigenvalue weighted by Gasteiger charge is 2.29. The number of hydrogen-bond acceptors (Lipinski definition) is 5. The number of rotatable bonds is 10. The number of nitrogens with zero attached hydrogens (tertiary/aromatic N) is 4. The quantitative estimate of drug-likeness (QED) is 0.547. The van der Waals surface area contributed by atoms with E-state index in [0.29, 0.717) is 38.4 Å². The van der Waals surface area contributed by atoms with E-state index >= 15 is 0 Å². The summed E-state index contributed by atoms with van der Waals surface area (Å²) in [5.74, 6) is -0.468. The lowest BCUT2D eigenvalue weighted by molar-refractivity contribution is -0.121. The van der Waals surface area contributed by atoms with Gasteiger partial charge in [-0.1, -0.05) is 37.3 Å². The van der Waals surface area contributed by atoms with Crippen molar-refractivity contribution in [3.63, 3.8) is 0 Å². The molecule has 194 valence electrons. The van der Waals surface area contributed by atoms with Gasteiger partial charge in [-0.15, -0.1) is 0 Å². The molecule has 1 saturated heterocycles. The molecule has 36 heavy (non-hydrogen) atoms. The van der Waals surface area contributed by atoms with Crippen LogP contribution in [0.4, 0.5) is 0 Å². The van der Waals surface area contributed by atoms with Crippen molar-refractivity contribution in [3.05, 3.63) is 53.3 Å². The van der Waals surface area contributed by atoms with Gasteiger partial charge in [-0.25, -0.2) is 0 Å². The predicted molar refractivity (Wildman–Crippen MR) is 135 cm³/mol. The second kappa shape index (κ2) is 12.2. The second-order valence-electron chi connectivity index (χ2n) is 9.65. The molecule has 0 saturated carbocycles. The first-order valence-electron chi connectivity index (χ1n) is 13.1. The molecule has 0 bridgehead atoms. The van der Waals surface area contributed by atoms with E-state index in [4.69, 9.17) is 4.74 Å². The zero-order valence-electron chi connectivity index (χ0n) is 21.3. The van der Waals surface area contributed by atoms with Crippen molar-refractivity contribution in [2.45, 2.75) is 71.2 Å². The van der Waals surface area contributed by atoms with Gasteiger partial charge in [0.05, 0.1) is 6.10 Å². The first-order chi connectivity index (χ1) is 17.5. The van der Waals surface area contributed by atoms with Crippen molar-refractivity contribution < 1.29 is 19.1 Å². The van der Waals surface area contributed by atoms with Crippen molar-refractivity contribution in [1.82, 2.24) is 24.9 Å². The average Bonchev–Trinajstić information content (AvgIpc) is 3.54. The Kier molecular flexibility index (Phi) is 8.74. The lowest BCUT2D eigenvalue weighted by Crippen LogP contribution is -2.41. The molecule has 0 radical (unpaired) electrons. The van der Waals surface area contributed by atoms with E-state index < -0.39 is 0 Å². The molecule has 1 N–H and O–H groups in total. The third-order valence-corrected chi connectivity index (χ3v) is 7.03. The fraction of sp³-hybridized carbons (Fsp3) is 0.556. The van der Waals surface area contributed by atoms with Gasteiger partial charge in [0.2, 0.25) is 5.91 Å². The van der Waals surface area contributed by atoms with Crippen LogP contribution >= 0.6 is 0 Å². The minimum Gasteiger partial charge on any atom is -0.376 e. The van der Waals surface area contributed by atoms with Gasteiger partial charge in [0.15, 0.2) is 5.69 Å². The number of nitrogens with one attached hydrogen (secondary N) is 1. The van der Waals surface area contributed by atoms with Gasteiger partial charge < -0.3 is 19.9 Å². The molecule has 9 nitrogen and oxygen atoms in total. The maximum atomic E-state index is 13.5. The van der Waals surface area contributed by atoms with Crippen molar-refractivity contribution in [3.8, 4) is 0 Å². The number of aryl methyl sites for hydroxylation is 1. The Morgan fingerprint density at radius 3 is 2.75 bits per heavy atom. The van der Waals surface area contributed by atoms with Gasteiger partial charge in [-0.3, -0.25) is 19.1 Å². The van der Waals surface area contributed by atoms with Gasteiger partial charge in [-0.05, 0) is 38.2 Å². The van der Waals surface area contributed by atoms with E-state index in [9.17, 15) is 14.4 Å². The molecule has 2 aromatic rings. The molecule has 0 aliphatic carbocycles. The molecule has 2 atom stereocenters. The molecular weight excluding hydrogens is 458 g/mol. The summed E-state index contributed by atoms with van der Waals surface area (Å²) in [5.41, 5.74) is 1.75. The molecule has 9 heteroatoms. The van der Waals surface area contributed by atoms with Crippen molar-refractivity contribution >= 4 is 17.7 Å². The van der Waals surface area contributed by atoms with Crippen LogP contribution in [0.1, 0.15) is 72.5 Å². The summed E-state index contributed by atoms with van der Waals surface area (Å²) >= 11 is 0. The van der Waals surface area contributed by atoms with Crippen LogP contribution in [0.25, 0.3) is 0 Å². The van der Waals surface area contributed by atoms with E-state index in [2.05, 4.69) is 10.4 Å². The monoisotopic (exact) mass is 495 g/mol. The maximum absolute atomic E-state index is 13.5. The normalized spacial score (nSPS) is 18.4. The zero-order valence-corrected chi connectivity index (χ0v) is 21.3. The fourth-order valence-corrected chi connectivity index (χ4v) is 4.73. The number of aromatic nitrogens is 2. The summed E-state index contributed by atoms with van der Waals surface area (Å²) in [6.45, 7) is 7.26. The number of fused-ring (bicyclic) bond motifs is 1. The van der Waals surface area contributed by atoms with Crippen LogP contribution in [0.15, 0.2) is 36.4 Å². The van der Waals surface area contributed by atoms with Gasteiger partial charge in [-0.2, -0.15) is 5.10 Å². The third kappa shape index (κ3) is 6.32. The topological polar surface area (TPSA) is 96.8 Å². The molecule has 3 amide bonds. The number of ether oxygens (including phenoxy) is 1. The minimum absolute atomic E-state index is 0.0600. The highest BCUT2D eigenvalue weighted by molar-refractivity contribution is 5.98. The lowest BCUT2D eigenvalue weighted by Gasteiger charge is -2.28. The van der Waals surface area contributed by atoms with Crippen LogP contribution < -0.4 is 5.32 Å². The van der Waals surface area contributed by atoms with E-state index in [1.807, 2.05) is 49.1 Å². The third-order valence-electron chi connectivity index (χ3n) is 7.03. The Morgan fingerprint density at radius 1 is 1.22 bits per heavy atom. The van der Waals surface area contributed by atoms with E-state index in [1.54, 1.807) is 15.6 Å². The van der Waals surface area contributed by atoms with Crippen LogP contribution in [-0.4, -0.2) is 75.7 Å². The van der Waals surface area contributed by atoms with Crippen molar-refractivity contribution in [2.75, 3.05) is 26.2 Å². The predicted octanol–water partition coefficient (Wildman–Crippen LogP) is 2.86. The van der Waals surface area contributed by atoms with Gasteiger partial charge in [0.1, 0.15) is 5.69 Å². The smallest absolute Gasteiger partial charge is 0.274 e. The summed E-state index contributed by atoms with van der Waals surface area (Å²) in [7, 11) is 0. The Bertz CT molecular complexity index is 1050. The van der Waals surface area contributed by atoms with Crippen molar-refractivity contribution in [1.29, 1.82) is 0 Å². The molecular formula is C27H37N5O4. The maximum Gasteiger partial charge on any atom is 0.274 e. The van der Waals surface area contributed by atoms with Crippen molar-refractivity contribution in [2.24, 2.45) is 0 Å². The number of benzene rings is 1. The standard InChI is InChI=1S/C27H37N5O4/c1-3-20(2)31(15-12-25(33)28-18-22-11-7-16-36-22)26(34)23-17-24-27(35)30(13-8-14-32(24)29-23)19-21-9-5-4-6-10-21/h4-6,9-10,17,20,22H,3,7-8,11-16,18-19H2,1-2H3,(H,28,33)/t20-,22+/m1/s1. The Balaban J connectivity index is 1.42. The van der Waals surface area contributed by atoms with Crippen LogP contribution in [0.2, 0.25) is 0 Å². The van der Waals surface area contributed by atoms with Gasteiger partial charge in [0.25, 0.3) is 11.8 Å². The van der Waals surface area contributed by atoms with Gasteiger partial charge in [0, 0.05) is 57.9 Å². The number of amides is 3. The highest BCUT2D eigenvalue weighted by Crippen LogP contribution is 2.19. The molecule has 3 heterocycles. The van der Waals surface area contributed by atoms with Crippen LogP contribution in [0.5, 0.6) is 0 Å². The largest absolute Gasteiger partial charge is 0.376 e. The average molecular weight is 496 g/mol. The van der Waals surface area contributed by atoms with Crippen LogP contribution in [0.3, 0.4) is 0 Å². The molecule has 1 fully saturated rings. The molecule has 1 aromatic heterocycles. The highest BCUT2D eigenvalue weighted by atomic mass is 16.5. The second-order valence-corrected chi connectivity index (χ2v) is 9.65. The summed E-state index contributed by atoms with van der Waals surface area (Å²) < 4.78 is 7.21. The Labute approximate surface area is 212 Å². The molecule has 4 rings (SSSR count). The molecule has 2 aliphatic heterocycles. The molecule has 0 unspecified atom stereocenters. The summed E-state index contributed by atoms with van der Waals surface area (Å²) in [5, 5.41) is 7.44. The zero-order chi connectivity index (χ0) is 25.5. The van der Waals surface area contributed by atoms with E-state index in [1.165, 1.54) is 0 Å². The SMILES string of the molecule is CC[C@@H](C)N(CCC(=O)NC[C@@H]1CCCO1)C(=O)c1cc2n(n1)CCCN(Cc1ccccc1)C2=O. The lowest BCUT2D eigenvalue weighted by atomic mass is 10.1. The van der Waals surface area contributed by atoms with Crippen LogP contribution in [-0.2, 0) is 22.6 Å².